The van der Waals surface area contributed by atoms with Gasteiger partial charge in [0, 0.05) is 17.3 Å². The van der Waals surface area contributed by atoms with Crippen LogP contribution in [0, 0.1) is 12.7 Å². The summed E-state index contributed by atoms with van der Waals surface area (Å²) in [5, 5.41) is 4.29. The average Bonchev–Trinajstić information content (AvgIpc) is 3.09. The van der Waals surface area contributed by atoms with Crippen LogP contribution in [-0.2, 0) is 14.8 Å². The van der Waals surface area contributed by atoms with Crippen molar-refractivity contribution in [2.75, 3.05) is 7.11 Å². The monoisotopic (exact) mass is 417 g/mol. The van der Waals surface area contributed by atoms with Gasteiger partial charge in [-0.3, -0.25) is 0 Å². The molecule has 1 aromatic heterocycles. The van der Waals surface area contributed by atoms with Gasteiger partial charge < -0.3 is 4.74 Å². The topological polar surface area (TPSA) is 90.3 Å². The van der Waals surface area contributed by atoms with Crippen LogP contribution in [0.5, 0.6) is 0 Å². The number of hydrogen-bond acceptors (Lipinski definition) is 5. The maximum absolute atomic E-state index is 13.1. The maximum Gasteiger partial charge on any atom is 0.337 e. The predicted molar refractivity (Wildman–Crippen MR) is 105 cm³/mol. The van der Waals surface area contributed by atoms with Crippen LogP contribution in [0.3, 0.4) is 0 Å². The third-order valence-corrected chi connectivity index (χ3v) is 6.02. The second-order valence-electron chi connectivity index (χ2n) is 6.44. The first-order chi connectivity index (χ1) is 13.7. The summed E-state index contributed by atoms with van der Waals surface area (Å²) in [4.78, 5) is 11.6. The third-order valence-electron chi connectivity index (χ3n) is 4.48. The molecule has 0 fully saturated rings. The summed E-state index contributed by atoms with van der Waals surface area (Å²) in [7, 11) is -2.67. The first-order valence-electron chi connectivity index (χ1n) is 8.74. The summed E-state index contributed by atoms with van der Waals surface area (Å²) < 4.78 is 47.5. The lowest BCUT2D eigenvalue weighted by atomic mass is 10.1. The zero-order valence-electron chi connectivity index (χ0n) is 16.1. The lowest BCUT2D eigenvalue weighted by Gasteiger charge is -2.15. The summed E-state index contributed by atoms with van der Waals surface area (Å²) in [6.45, 7) is 3.50. The van der Waals surface area contributed by atoms with Gasteiger partial charge in [0.2, 0.25) is 10.0 Å². The van der Waals surface area contributed by atoms with E-state index in [9.17, 15) is 17.6 Å². The average molecular weight is 417 g/mol. The molecule has 29 heavy (non-hydrogen) atoms. The Bertz CT molecular complexity index is 1140. The number of ether oxygens (including phenoxy) is 1. The molecule has 0 saturated carbocycles. The minimum absolute atomic E-state index is 0.0455. The highest BCUT2D eigenvalue weighted by Crippen LogP contribution is 2.23. The van der Waals surface area contributed by atoms with E-state index in [0.29, 0.717) is 11.3 Å². The molecule has 0 radical (unpaired) electrons. The van der Waals surface area contributed by atoms with Gasteiger partial charge in [0.05, 0.1) is 29.5 Å². The summed E-state index contributed by atoms with van der Waals surface area (Å²) in [5.74, 6) is -0.972. The number of sulfonamides is 1. The molecule has 0 aliphatic rings. The molecule has 1 heterocycles. The van der Waals surface area contributed by atoms with E-state index >= 15 is 0 Å². The van der Waals surface area contributed by atoms with Crippen LogP contribution in [0.2, 0.25) is 0 Å². The van der Waals surface area contributed by atoms with Crippen molar-refractivity contribution in [3.05, 3.63) is 77.4 Å². The number of benzene rings is 2. The smallest absolute Gasteiger partial charge is 0.337 e. The van der Waals surface area contributed by atoms with Gasteiger partial charge in [-0.25, -0.2) is 27.0 Å². The van der Waals surface area contributed by atoms with Crippen molar-refractivity contribution in [2.45, 2.75) is 24.8 Å². The minimum atomic E-state index is -3.89. The van der Waals surface area contributed by atoms with Gasteiger partial charge in [-0.1, -0.05) is 6.07 Å². The lowest BCUT2D eigenvalue weighted by Crippen LogP contribution is -2.27. The molecule has 0 amide bonds. The Morgan fingerprint density at radius 1 is 1.21 bits per heavy atom. The van der Waals surface area contributed by atoms with Crippen LogP contribution in [0.4, 0.5) is 4.39 Å². The van der Waals surface area contributed by atoms with Crippen molar-refractivity contribution in [2.24, 2.45) is 0 Å². The number of aromatic nitrogens is 2. The van der Waals surface area contributed by atoms with Gasteiger partial charge in [-0.15, -0.1) is 0 Å². The Labute approximate surface area is 168 Å². The van der Waals surface area contributed by atoms with E-state index in [-0.39, 0.29) is 16.3 Å². The molecule has 9 heteroatoms. The second-order valence-corrected chi connectivity index (χ2v) is 8.15. The molecule has 1 N–H and O–H groups in total. The van der Waals surface area contributed by atoms with Crippen molar-refractivity contribution in [1.29, 1.82) is 0 Å². The molecule has 0 unspecified atom stereocenters. The van der Waals surface area contributed by atoms with Crippen molar-refractivity contribution in [3.8, 4) is 5.69 Å². The van der Waals surface area contributed by atoms with E-state index in [4.69, 9.17) is 0 Å². The van der Waals surface area contributed by atoms with Crippen LogP contribution in [0.15, 0.2) is 59.6 Å². The number of rotatable bonds is 6. The number of hydrogen-bond donors (Lipinski definition) is 1. The number of methoxy groups -OCH3 is 1. The van der Waals surface area contributed by atoms with E-state index in [1.165, 1.54) is 43.5 Å². The molecule has 0 saturated heterocycles. The first-order valence-corrected chi connectivity index (χ1v) is 10.2. The largest absolute Gasteiger partial charge is 0.465 e. The van der Waals surface area contributed by atoms with Crippen LogP contribution >= 0.6 is 0 Å². The van der Waals surface area contributed by atoms with Crippen LogP contribution < -0.4 is 4.72 Å². The standard InChI is InChI=1S/C20H20FN3O4S/c1-13(19-12-22-24(14(19)2)17-9-7-16(21)8-10-17)23-29(26,27)18-6-4-5-15(11-18)20(25)28-3/h4-13,23H,1-3H3/t13-/m1/s1. The Hall–Kier alpha value is -3.04. The Morgan fingerprint density at radius 3 is 2.55 bits per heavy atom. The van der Waals surface area contributed by atoms with Gasteiger partial charge in [0.15, 0.2) is 0 Å². The highest BCUT2D eigenvalue weighted by molar-refractivity contribution is 7.89. The molecular formula is C20H20FN3O4S. The summed E-state index contributed by atoms with van der Waals surface area (Å²) >= 11 is 0. The zero-order chi connectivity index (χ0) is 21.2. The predicted octanol–water partition coefficient (Wildman–Crippen LogP) is 3.15. The number of nitrogens with one attached hydrogen (secondary N) is 1. The molecule has 152 valence electrons. The minimum Gasteiger partial charge on any atom is -0.465 e. The Balaban J connectivity index is 1.86. The van der Waals surface area contributed by atoms with Gasteiger partial charge in [0.25, 0.3) is 0 Å². The van der Waals surface area contributed by atoms with Gasteiger partial charge in [-0.05, 0) is 56.3 Å². The molecule has 0 aliphatic heterocycles. The molecule has 0 bridgehead atoms. The molecule has 1 atom stereocenters. The van der Waals surface area contributed by atoms with Crippen LogP contribution in [0.1, 0.15) is 34.6 Å². The van der Waals surface area contributed by atoms with Crippen molar-refractivity contribution in [1.82, 2.24) is 14.5 Å². The van der Waals surface area contributed by atoms with E-state index in [1.54, 1.807) is 36.9 Å². The molecular weight excluding hydrogens is 397 g/mol. The van der Waals surface area contributed by atoms with Gasteiger partial charge >= 0.3 is 5.97 Å². The fraction of sp³-hybridized carbons (Fsp3) is 0.200. The molecule has 2 aromatic carbocycles. The van der Waals surface area contributed by atoms with Crippen molar-refractivity contribution in [3.63, 3.8) is 0 Å². The molecule has 3 aromatic rings. The summed E-state index contributed by atoms with van der Waals surface area (Å²) in [5.41, 5.74) is 2.19. The zero-order valence-corrected chi connectivity index (χ0v) is 16.9. The quantitative estimate of drug-likeness (QED) is 0.623. The molecule has 0 spiro atoms. The first kappa shape index (κ1) is 20.7. The van der Waals surface area contributed by atoms with E-state index in [1.807, 2.05) is 0 Å². The number of carbonyl (C=O) groups is 1. The SMILES string of the molecule is COC(=O)c1cccc(S(=O)(=O)N[C@H](C)c2cnn(-c3ccc(F)cc3)c2C)c1. The second kappa shape index (κ2) is 8.14. The van der Waals surface area contributed by atoms with E-state index in [0.717, 1.165) is 5.69 Å². The summed E-state index contributed by atoms with van der Waals surface area (Å²) in [6.07, 6.45) is 1.57. The third kappa shape index (κ3) is 4.36. The maximum atomic E-state index is 13.1. The van der Waals surface area contributed by atoms with Crippen molar-refractivity contribution < 1.29 is 22.3 Å². The highest BCUT2D eigenvalue weighted by Gasteiger charge is 2.22. The number of esters is 1. The fourth-order valence-corrected chi connectivity index (χ4v) is 4.23. The lowest BCUT2D eigenvalue weighted by molar-refractivity contribution is 0.0600. The number of nitrogens with zero attached hydrogens (tertiary/aromatic N) is 2. The molecule has 7 nitrogen and oxygen atoms in total. The fourth-order valence-electron chi connectivity index (χ4n) is 2.96. The summed E-state index contributed by atoms with van der Waals surface area (Å²) in [6, 6.07) is 10.9. The Morgan fingerprint density at radius 2 is 1.90 bits per heavy atom. The van der Waals surface area contributed by atoms with Crippen LogP contribution in [-0.4, -0.2) is 31.3 Å². The molecule has 0 aliphatic carbocycles. The highest BCUT2D eigenvalue weighted by atomic mass is 32.2. The van der Waals surface area contributed by atoms with Crippen LogP contribution in [0.25, 0.3) is 5.69 Å². The van der Waals surface area contributed by atoms with Crippen molar-refractivity contribution >= 4 is 16.0 Å². The van der Waals surface area contributed by atoms with Gasteiger partial charge in [-0.2, -0.15) is 5.10 Å². The normalized spacial score (nSPS) is 12.6. The number of halogens is 1. The Kier molecular flexibility index (Phi) is 5.81. The van der Waals surface area contributed by atoms with E-state index < -0.39 is 22.0 Å². The van der Waals surface area contributed by atoms with E-state index in [2.05, 4.69) is 14.6 Å². The molecule has 3 rings (SSSR count). The van der Waals surface area contributed by atoms with Gasteiger partial charge in [0.1, 0.15) is 5.82 Å². The number of carbonyl (C=O) groups excluding carboxylic acids is 1.